The number of nitrogens with zero attached hydrogens (tertiary/aromatic N) is 3. The fraction of sp³-hybridized carbons (Fsp3) is 0.706. The molecule has 3 heterocycles. The number of aliphatic hydroxyl groups excluding tert-OH is 4. The second kappa shape index (κ2) is 7.88. The van der Waals surface area contributed by atoms with Gasteiger partial charge >= 0.3 is 6.18 Å². The van der Waals surface area contributed by atoms with Crippen molar-refractivity contribution in [2.24, 2.45) is 5.92 Å². The van der Waals surface area contributed by atoms with Crippen LogP contribution >= 0.6 is 0 Å². The molecule has 1 aromatic rings. The zero-order valence-corrected chi connectivity index (χ0v) is 14.6. The normalized spacial score (nSPS) is 32.9. The SMILES string of the molecule is OC[C@H]1C(O)C(O)C(O)CN1C[C@H]1CCN(c2ncccc2C(F)(F)F)C1. The van der Waals surface area contributed by atoms with Gasteiger partial charge in [0.05, 0.1) is 24.3 Å². The molecule has 0 bridgehead atoms. The van der Waals surface area contributed by atoms with E-state index in [1.165, 1.54) is 12.3 Å². The van der Waals surface area contributed by atoms with Crippen LogP contribution in [0, 0.1) is 5.92 Å². The van der Waals surface area contributed by atoms with E-state index in [-0.39, 0.29) is 24.9 Å². The fourth-order valence-electron chi connectivity index (χ4n) is 3.96. The molecule has 3 unspecified atom stereocenters. The predicted molar refractivity (Wildman–Crippen MR) is 90.0 cm³/mol. The molecule has 2 aliphatic heterocycles. The van der Waals surface area contributed by atoms with Crippen LogP contribution in [0.5, 0.6) is 0 Å². The summed E-state index contributed by atoms with van der Waals surface area (Å²) < 4.78 is 39.6. The van der Waals surface area contributed by atoms with E-state index in [9.17, 15) is 33.6 Å². The van der Waals surface area contributed by atoms with Gasteiger partial charge in [-0.2, -0.15) is 13.2 Å². The van der Waals surface area contributed by atoms with E-state index in [1.54, 1.807) is 9.80 Å². The molecular weight excluding hydrogens is 367 g/mol. The molecule has 0 aromatic carbocycles. The summed E-state index contributed by atoms with van der Waals surface area (Å²) in [6.45, 7) is 0.841. The van der Waals surface area contributed by atoms with Crippen molar-refractivity contribution in [2.45, 2.75) is 37.0 Å². The third-order valence-corrected chi connectivity index (χ3v) is 5.39. The van der Waals surface area contributed by atoms with Gasteiger partial charge in [-0.1, -0.05) is 0 Å². The number of likely N-dealkylation sites (tertiary alicyclic amines) is 1. The minimum Gasteiger partial charge on any atom is -0.395 e. The molecule has 5 atom stereocenters. The molecule has 3 rings (SSSR count). The van der Waals surface area contributed by atoms with Crippen LogP contribution in [0.2, 0.25) is 0 Å². The number of aliphatic hydroxyl groups is 4. The number of rotatable bonds is 4. The Labute approximate surface area is 154 Å². The molecule has 1 aromatic heterocycles. The number of β-amino-alcohol motifs (C(OH)–C–C–N with tert-alkyl or cyclic N) is 1. The lowest BCUT2D eigenvalue weighted by atomic mass is 9.93. The molecular formula is C17H24F3N3O4. The maximum Gasteiger partial charge on any atom is 0.419 e. The zero-order chi connectivity index (χ0) is 19.8. The van der Waals surface area contributed by atoms with E-state index in [2.05, 4.69) is 4.98 Å². The van der Waals surface area contributed by atoms with Gasteiger partial charge in [0, 0.05) is 32.4 Å². The standard InChI is InChI=1S/C17H24F3N3O4/c18-17(19,20)11-2-1-4-21-16(11)22-5-3-10(6-22)7-23-8-13(25)15(27)14(26)12(23)9-24/h1-2,4,10,12-15,24-27H,3,5-9H2/t10-,12-,13?,14?,15?/m0/s1. The Kier molecular flexibility index (Phi) is 5.92. The average Bonchev–Trinajstić information content (AvgIpc) is 3.08. The molecule has 2 aliphatic rings. The lowest BCUT2D eigenvalue weighted by Gasteiger charge is -2.44. The molecule has 27 heavy (non-hydrogen) atoms. The van der Waals surface area contributed by atoms with Gasteiger partial charge in [0.1, 0.15) is 18.0 Å². The van der Waals surface area contributed by atoms with Gasteiger partial charge in [-0.05, 0) is 24.5 Å². The molecule has 0 aliphatic carbocycles. The molecule has 0 spiro atoms. The number of hydrogen-bond donors (Lipinski definition) is 4. The number of aromatic nitrogens is 1. The molecule has 152 valence electrons. The van der Waals surface area contributed by atoms with Crippen LogP contribution in [-0.2, 0) is 6.18 Å². The number of piperidine rings is 1. The second-order valence-corrected chi connectivity index (χ2v) is 7.23. The third-order valence-electron chi connectivity index (χ3n) is 5.39. The van der Waals surface area contributed by atoms with E-state index in [0.717, 1.165) is 6.07 Å². The lowest BCUT2D eigenvalue weighted by molar-refractivity contribution is -0.147. The van der Waals surface area contributed by atoms with Crippen molar-refractivity contribution in [1.82, 2.24) is 9.88 Å². The van der Waals surface area contributed by atoms with Gasteiger partial charge in [0.2, 0.25) is 0 Å². The van der Waals surface area contributed by atoms with Gasteiger partial charge in [0.25, 0.3) is 0 Å². The summed E-state index contributed by atoms with van der Waals surface area (Å²) in [6.07, 6.45) is -6.30. The Bertz CT molecular complexity index is 648. The number of halogens is 3. The third kappa shape index (κ3) is 4.19. The maximum absolute atomic E-state index is 13.2. The number of hydrogen-bond acceptors (Lipinski definition) is 7. The van der Waals surface area contributed by atoms with Gasteiger partial charge in [-0.3, -0.25) is 4.90 Å². The number of pyridine rings is 1. The van der Waals surface area contributed by atoms with Crippen LogP contribution in [0.1, 0.15) is 12.0 Å². The van der Waals surface area contributed by atoms with Crippen molar-refractivity contribution in [1.29, 1.82) is 0 Å². The van der Waals surface area contributed by atoms with E-state index in [1.807, 2.05) is 0 Å². The van der Waals surface area contributed by atoms with E-state index in [0.29, 0.717) is 26.1 Å². The Morgan fingerprint density at radius 3 is 2.56 bits per heavy atom. The van der Waals surface area contributed by atoms with Crippen LogP contribution in [0.25, 0.3) is 0 Å². The first-order chi connectivity index (χ1) is 12.7. The predicted octanol–water partition coefficient (Wildman–Crippen LogP) is -0.314. The van der Waals surface area contributed by atoms with Crippen molar-refractivity contribution in [2.75, 3.05) is 37.7 Å². The summed E-state index contributed by atoms with van der Waals surface area (Å²) in [5.41, 5.74) is -0.772. The number of alkyl halides is 3. The smallest absolute Gasteiger partial charge is 0.395 e. The summed E-state index contributed by atoms with van der Waals surface area (Å²) in [6, 6.07) is 1.54. The topological polar surface area (TPSA) is 100 Å². The van der Waals surface area contributed by atoms with E-state index < -0.39 is 36.1 Å². The first kappa shape index (κ1) is 20.3. The summed E-state index contributed by atoms with van der Waals surface area (Å²) in [4.78, 5) is 7.20. The highest BCUT2D eigenvalue weighted by Gasteiger charge is 2.43. The summed E-state index contributed by atoms with van der Waals surface area (Å²) in [5.74, 6) is -0.114. The quantitative estimate of drug-likeness (QED) is 0.559. The lowest BCUT2D eigenvalue weighted by Crippen LogP contribution is -2.63. The summed E-state index contributed by atoms with van der Waals surface area (Å²) >= 11 is 0. The maximum atomic E-state index is 13.2. The minimum atomic E-state index is -4.49. The van der Waals surface area contributed by atoms with Gasteiger partial charge in [0.15, 0.2) is 0 Å². The Morgan fingerprint density at radius 2 is 1.89 bits per heavy atom. The van der Waals surface area contributed by atoms with E-state index >= 15 is 0 Å². The molecule has 4 N–H and O–H groups in total. The van der Waals surface area contributed by atoms with Crippen LogP contribution in [0.15, 0.2) is 18.3 Å². The second-order valence-electron chi connectivity index (χ2n) is 7.23. The number of anilines is 1. The van der Waals surface area contributed by atoms with Gasteiger partial charge < -0.3 is 25.3 Å². The van der Waals surface area contributed by atoms with Gasteiger partial charge in [-0.25, -0.2) is 4.98 Å². The van der Waals surface area contributed by atoms with Crippen LogP contribution in [-0.4, -0.2) is 87.4 Å². The monoisotopic (exact) mass is 391 g/mol. The van der Waals surface area contributed by atoms with Crippen molar-refractivity contribution in [3.05, 3.63) is 23.9 Å². The molecule has 0 radical (unpaired) electrons. The largest absolute Gasteiger partial charge is 0.419 e. The first-order valence-electron chi connectivity index (χ1n) is 8.88. The van der Waals surface area contributed by atoms with Crippen molar-refractivity contribution in [3.63, 3.8) is 0 Å². The highest BCUT2D eigenvalue weighted by molar-refractivity contribution is 5.49. The molecule has 2 fully saturated rings. The van der Waals surface area contributed by atoms with Crippen LogP contribution in [0.3, 0.4) is 0 Å². The minimum absolute atomic E-state index is 0.0169. The molecule has 10 heteroatoms. The molecule has 2 saturated heterocycles. The Hall–Kier alpha value is -1.46. The fourth-order valence-corrected chi connectivity index (χ4v) is 3.96. The summed E-state index contributed by atoms with van der Waals surface area (Å²) in [5, 5.41) is 39.2. The van der Waals surface area contributed by atoms with Gasteiger partial charge in [-0.15, -0.1) is 0 Å². The molecule has 0 saturated carbocycles. The summed E-state index contributed by atoms with van der Waals surface area (Å²) in [7, 11) is 0. The van der Waals surface area contributed by atoms with Crippen molar-refractivity contribution in [3.8, 4) is 0 Å². The Balaban J connectivity index is 1.69. The van der Waals surface area contributed by atoms with Crippen molar-refractivity contribution < 1.29 is 33.6 Å². The molecule has 0 amide bonds. The first-order valence-corrected chi connectivity index (χ1v) is 8.88. The Morgan fingerprint density at radius 1 is 1.15 bits per heavy atom. The van der Waals surface area contributed by atoms with Crippen LogP contribution in [0.4, 0.5) is 19.0 Å². The average molecular weight is 391 g/mol. The van der Waals surface area contributed by atoms with Crippen LogP contribution < -0.4 is 4.90 Å². The zero-order valence-electron chi connectivity index (χ0n) is 14.6. The highest BCUT2D eigenvalue weighted by atomic mass is 19.4. The van der Waals surface area contributed by atoms with E-state index in [4.69, 9.17) is 0 Å². The van der Waals surface area contributed by atoms with Crippen molar-refractivity contribution >= 4 is 5.82 Å². The highest BCUT2D eigenvalue weighted by Crippen LogP contribution is 2.37. The molecule has 7 nitrogen and oxygen atoms in total.